The maximum absolute atomic E-state index is 12.7. The number of carbonyl (C=O) groups is 2. The Morgan fingerprint density at radius 2 is 1.57 bits per heavy atom. The normalized spacial score (nSPS) is 23.9. The lowest BCUT2D eigenvalue weighted by atomic mass is 9.96. The van der Waals surface area contributed by atoms with Crippen LogP contribution in [0.15, 0.2) is 24.3 Å². The van der Waals surface area contributed by atoms with Crippen LogP contribution in [0.25, 0.3) is 0 Å². The van der Waals surface area contributed by atoms with E-state index in [2.05, 4.69) is 5.32 Å². The summed E-state index contributed by atoms with van der Waals surface area (Å²) in [6.07, 6.45) is 9.12. The van der Waals surface area contributed by atoms with Crippen molar-refractivity contribution in [2.45, 2.75) is 70.4 Å². The first-order valence-corrected chi connectivity index (χ1v) is 8.93. The Hall–Kier alpha value is -1.68. The molecule has 23 heavy (non-hydrogen) atoms. The molecule has 2 amide bonds. The molecule has 0 spiro atoms. The molecule has 4 heteroatoms. The predicted molar refractivity (Wildman–Crippen MR) is 90.1 cm³/mol. The molecule has 1 aliphatic carbocycles. The lowest BCUT2D eigenvalue weighted by Gasteiger charge is -2.21. The molecule has 4 nitrogen and oxygen atoms in total. The minimum absolute atomic E-state index is 0.0408. The van der Waals surface area contributed by atoms with Gasteiger partial charge >= 0.3 is 0 Å². The van der Waals surface area contributed by atoms with Crippen LogP contribution in [-0.2, 0) is 9.59 Å². The van der Waals surface area contributed by atoms with Crippen LogP contribution in [0, 0.1) is 6.92 Å². The molecule has 2 fully saturated rings. The van der Waals surface area contributed by atoms with Crippen LogP contribution >= 0.6 is 0 Å². The van der Waals surface area contributed by atoms with Gasteiger partial charge in [0.05, 0.1) is 18.2 Å². The van der Waals surface area contributed by atoms with E-state index in [-0.39, 0.29) is 17.9 Å². The number of amides is 2. The topological polar surface area (TPSA) is 54.0 Å². The smallest absolute Gasteiger partial charge is 0.292 e. The molecular weight excluding hydrogens is 288 g/mol. The minimum Gasteiger partial charge on any atom is -0.333 e. The summed E-state index contributed by atoms with van der Waals surface area (Å²) in [5.74, 6) is -0.105. The third kappa shape index (κ3) is 3.81. The Bertz CT molecular complexity index is 559. The summed E-state index contributed by atoms with van der Waals surface area (Å²) in [6.45, 7) is 2.00. The van der Waals surface area contributed by atoms with Crippen molar-refractivity contribution < 1.29 is 14.9 Å². The zero-order valence-corrected chi connectivity index (χ0v) is 14.0. The third-order valence-electron chi connectivity index (χ3n) is 5.13. The minimum atomic E-state index is -0.228. The number of hydrogen-bond acceptors (Lipinski definition) is 2. The summed E-state index contributed by atoms with van der Waals surface area (Å²) in [5.41, 5.74) is 1.84. The van der Waals surface area contributed by atoms with E-state index < -0.39 is 0 Å². The van der Waals surface area contributed by atoms with E-state index in [0.717, 1.165) is 5.56 Å². The summed E-state index contributed by atoms with van der Waals surface area (Å²) in [6, 6.07) is 7.89. The number of aryl methyl sites for hydroxylation is 1. The zero-order valence-electron chi connectivity index (χ0n) is 14.0. The van der Waals surface area contributed by atoms with Crippen molar-refractivity contribution >= 4 is 17.5 Å². The standard InChI is InChI=1S/C19H26N2O2/c1-14-9-11-16(12-10-14)21-18(22)13-17(19(21)23)20-15-7-5-3-2-4-6-8-15/h9-12,15,17,20H,2-8,13H2,1H3/p+1. The van der Waals surface area contributed by atoms with E-state index in [0.29, 0.717) is 18.2 Å². The molecule has 1 saturated carbocycles. The van der Waals surface area contributed by atoms with Gasteiger partial charge in [0, 0.05) is 0 Å². The van der Waals surface area contributed by atoms with Crippen LogP contribution in [-0.4, -0.2) is 23.9 Å². The number of rotatable bonds is 3. The van der Waals surface area contributed by atoms with E-state index >= 15 is 0 Å². The van der Waals surface area contributed by atoms with Gasteiger partial charge in [-0.25, -0.2) is 4.90 Å². The highest BCUT2D eigenvalue weighted by atomic mass is 16.2. The van der Waals surface area contributed by atoms with Gasteiger partial charge in [-0.05, 0) is 44.7 Å². The number of imide groups is 1. The Morgan fingerprint density at radius 3 is 2.22 bits per heavy atom. The van der Waals surface area contributed by atoms with Gasteiger partial charge in [0.1, 0.15) is 0 Å². The molecular formula is C19H27N2O2+. The summed E-state index contributed by atoms with van der Waals surface area (Å²) in [5, 5.41) is 2.18. The molecule has 0 aromatic heterocycles. The van der Waals surface area contributed by atoms with Gasteiger partial charge in [-0.1, -0.05) is 37.0 Å². The van der Waals surface area contributed by atoms with E-state index in [1.165, 1.54) is 49.8 Å². The lowest BCUT2D eigenvalue weighted by Crippen LogP contribution is -2.96. The zero-order chi connectivity index (χ0) is 16.2. The van der Waals surface area contributed by atoms with Crippen LogP contribution in [0.5, 0.6) is 0 Å². The molecule has 1 aliphatic heterocycles. The monoisotopic (exact) mass is 315 g/mol. The fourth-order valence-corrected chi connectivity index (χ4v) is 3.78. The summed E-state index contributed by atoms with van der Waals surface area (Å²) in [4.78, 5) is 26.4. The Balaban J connectivity index is 1.66. The number of nitrogens with two attached hydrogens (primary N) is 1. The number of hydrogen-bond donors (Lipinski definition) is 1. The van der Waals surface area contributed by atoms with E-state index in [1.807, 2.05) is 31.2 Å². The van der Waals surface area contributed by atoms with Crippen LogP contribution < -0.4 is 10.2 Å². The quantitative estimate of drug-likeness (QED) is 0.870. The number of nitrogens with zero attached hydrogens (tertiary/aromatic N) is 1. The second-order valence-corrected chi connectivity index (χ2v) is 7.01. The first kappa shape index (κ1) is 16.2. The van der Waals surface area contributed by atoms with Crippen molar-refractivity contribution in [2.75, 3.05) is 4.90 Å². The fraction of sp³-hybridized carbons (Fsp3) is 0.579. The molecule has 1 saturated heterocycles. The number of quaternary nitrogens is 1. The van der Waals surface area contributed by atoms with Crippen molar-refractivity contribution in [3.63, 3.8) is 0 Å². The summed E-state index contributed by atoms with van der Waals surface area (Å²) >= 11 is 0. The van der Waals surface area contributed by atoms with Gasteiger partial charge in [-0.2, -0.15) is 0 Å². The summed E-state index contributed by atoms with van der Waals surface area (Å²) < 4.78 is 0. The Kier molecular flexibility index (Phi) is 5.11. The highest BCUT2D eigenvalue weighted by Gasteiger charge is 2.43. The predicted octanol–water partition coefficient (Wildman–Crippen LogP) is 2.30. The highest BCUT2D eigenvalue weighted by molar-refractivity contribution is 6.21. The van der Waals surface area contributed by atoms with Crippen molar-refractivity contribution in [1.29, 1.82) is 0 Å². The maximum Gasteiger partial charge on any atom is 0.292 e. The van der Waals surface area contributed by atoms with Crippen molar-refractivity contribution in [3.05, 3.63) is 29.8 Å². The molecule has 2 N–H and O–H groups in total. The molecule has 1 heterocycles. The maximum atomic E-state index is 12.7. The molecule has 0 radical (unpaired) electrons. The average Bonchev–Trinajstić information content (AvgIpc) is 2.77. The molecule has 3 rings (SSSR count). The lowest BCUT2D eigenvalue weighted by molar-refractivity contribution is -0.709. The molecule has 1 unspecified atom stereocenters. The SMILES string of the molecule is Cc1ccc(N2C(=O)CC([NH2+]C3CCCCCCC3)C2=O)cc1. The number of carbonyl (C=O) groups excluding carboxylic acids is 2. The van der Waals surface area contributed by atoms with Gasteiger partial charge < -0.3 is 5.32 Å². The van der Waals surface area contributed by atoms with E-state index in [9.17, 15) is 9.59 Å². The average molecular weight is 315 g/mol. The Morgan fingerprint density at radius 1 is 0.957 bits per heavy atom. The van der Waals surface area contributed by atoms with Crippen LogP contribution in [0.2, 0.25) is 0 Å². The van der Waals surface area contributed by atoms with Gasteiger partial charge in [0.25, 0.3) is 5.91 Å². The first-order valence-electron chi connectivity index (χ1n) is 8.93. The van der Waals surface area contributed by atoms with Crippen LogP contribution in [0.1, 0.15) is 56.9 Å². The van der Waals surface area contributed by atoms with Crippen molar-refractivity contribution in [1.82, 2.24) is 0 Å². The largest absolute Gasteiger partial charge is 0.333 e. The molecule has 1 atom stereocenters. The highest BCUT2D eigenvalue weighted by Crippen LogP contribution is 2.22. The van der Waals surface area contributed by atoms with Gasteiger partial charge in [0.2, 0.25) is 5.91 Å². The fourth-order valence-electron chi connectivity index (χ4n) is 3.78. The third-order valence-corrected chi connectivity index (χ3v) is 5.13. The molecule has 124 valence electrons. The van der Waals surface area contributed by atoms with Crippen LogP contribution in [0.3, 0.4) is 0 Å². The number of benzene rings is 1. The van der Waals surface area contributed by atoms with Gasteiger partial charge in [0.15, 0.2) is 6.04 Å². The van der Waals surface area contributed by atoms with Gasteiger partial charge in [-0.15, -0.1) is 0 Å². The van der Waals surface area contributed by atoms with E-state index in [4.69, 9.17) is 0 Å². The molecule has 1 aromatic carbocycles. The molecule has 0 bridgehead atoms. The molecule has 2 aliphatic rings. The second kappa shape index (κ2) is 7.26. The second-order valence-electron chi connectivity index (χ2n) is 7.01. The van der Waals surface area contributed by atoms with Gasteiger partial charge in [-0.3, -0.25) is 9.59 Å². The Labute approximate surface area is 138 Å². The summed E-state index contributed by atoms with van der Waals surface area (Å²) in [7, 11) is 0. The first-order chi connectivity index (χ1) is 11.1. The number of anilines is 1. The van der Waals surface area contributed by atoms with E-state index in [1.54, 1.807) is 0 Å². The van der Waals surface area contributed by atoms with Crippen molar-refractivity contribution in [3.8, 4) is 0 Å². The van der Waals surface area contributed by atoms with Crippen LogP contribution in [0.4, 0.5) is 5.69 Å². The molecule has 1 aromatic rings. The van der Waals surface area contributed by atoms with Crippen molar-refractivity contribution in [2.24, 2.45) is 0 Å².